The van der Waals surface area contributed by atoms with Gasteiger partial charge in [-0.15, -0.1) is 0 Å². The summed E-state index contributed by atoms with van der Waals surface area (Å²) in [4.78, 5) is 12.0. The molecule has 1 amide bonds. The second kappa shape index (κ2) is 10.4. The predicted molar refractivity (Wildman–Crippen MR) is 100 cm³/mol. The average molecular weight is 341 g/mol. The first-order valence-electron chi connectivity index (χ1n) is 8.87. The maximum Gasteiger partial charge on any atom is 0.220 e. The first kappa shape index (κ1) is 18.8. The van der Waals surface area contributed by atoms with Gasteiger partial charge in [0.1, 0.15) is 0 Å². The van der Waals surface area contributed by atoms with Crippen molar-refractivity contribution in [3.63, 3.8) is 0 Å². The topological polar surface area (TPSA) is 47.6 Å². The van der Waals surface area contributed by atoms with Crippen molar-refractivity contribution >= 4 is 5.91 Å². The maximum atomic E-state index is 12.0. The van der Waals surface area contributed by atoms with Gasteiger partial charge in [-0.2, -0.15) is 0 Å². The van der Waals surface area contributed by atoms with Crippen LogP contribution in [-0.4, -0.2) is 25.7 Å². The van der Waals surface area contributed by atoms with Crippen molar-refractivity contribution in [3.8, 4) is 11.5 Å². The zero-order valence-corrected chi connectivity index (χ0v) is 15.0. The van der Waals surface area contributed by atoms with Crippen molar-refractivity contribution < 1.29 is 14.3 Å². The molecule has 134 valence electrons. The van der Waals surface area contributed by atoms with Crippen molar-refractivity contribution in [2.75, 3.05) is 19.8 Å². The number of hydrogen-bond donors (Lipinski definition) is 1. The summed E-state index contributed by atoms with van der Waals surface area (Å²) in [5, 5.41) is 2.99. The third-order valence-corrected chi connectivity index (χ3v) is 3.93. The van der Waals surface area contributed by atoms with E-state index in [9.17, 15) is 4.79 Å². The van der Waals surface area contributed by atoms with E-state index in [4.69, 9.17) is 9.47 Å². The molecule has 2 rings (SSSR count). The normalized spacial score (nSPS) is 11.6. The van der Waals surface area contributed by atoms with E-state index >= 15 is 0 Å². The number of carbonyl (C=O) groups is 1. The van der Waals surface area contributed by atoms with E-state index < -0.39 is 0 Å². The Morgan fingerprint density at radius 3 is 2.32 bits per heavy atom. The first-order valence-corrected chi connectivity index (χ1v) is 8.87. The van der Waals surface area contributed by atoms with Crippen LogP contribution in [-0.2, 0) is 4.79 Å². The van der Waals surface area contributed by atoms with Crippen molar-refractivity contribution in [1.82, 2.24) is 5.32 Å². The first-order chi connectivity index (χ1) is 12.2. The SMILES string of the molecule is CCOc1ccccc1OCCCC(=O)NCC(C)c1ccccc1. The van der Waals surface area contributed by atoms with Gasteiger partial charge in [0.25, 0.3) is 0 Å². The fourth-order valence-electron chi connectivity index (χ4n) is 2.51. The van der Waals surface area contributed by atoms with Crippen molar-refractivity contribution in [3.05, 3.63) is 60.2 Å². The smallest absolute Gasteiger partial charge is 0.220 e. The Balaban J connectivity index is 1.66. The van der Waals surface area contributed by atoms with Crippen LogP contribution in [0.3, 0.4) is 0 Å². The summed E-state index contributed by atoms with van der Waals surface area (Å²) >= 11 is 0. The number of carbonyl (C=O) groups excluding carboxylic acids is 1. The molecule has 0 saturated heterocycles. The largest absolute Gasteiger partial charge is 0.490 e. The van der Waals surface area contributed by atoms with E-state index in [0.29, 0.717) is 38.5 Å². The van der Waals surface area contributed by atoms with Gasteiger partial charge in [0.15, 0.2) is 11.5 Å². The van der Waals surface area contributed by atoms with Crippen molar-refractivity contribution in [1.29, 1.82) is 0 Å². The Bertz CT molecular complexity index is 643. The molecule has 0 fully saturated rings. The van der Waals surface area contributed by atoms with Gasteiger partial charge < -0.3 is 14.8 Å². The summed E-state index contributed by atoms with van der Waals surface area (Å²) in [6.45, 7) is 5.80. The molecule has 2 aromatic rings. The third-order valence-electron chi connectivity index (χ3n) is 3.93. The minimum Gasteiger partial charge on any atom is -0.490 e. The van der Waals surface area contributed by atoms with Gasteiger partial charge in [-0.05, 0) is 37.0 Å². The van der Waals surface area contributed by atoms with E-state index in [1.807, 2.05) is 49.4 Å². The number of hydrogen-bond acceptors (Lipinski definition) is 3. The number of benzene rings is 2. The van der Waals surface area contributed by atoms with E-state index in [1.165, 1.54) is 5.56 Å². The molecule has 4 nitrogen and oxygen atoms in total. The van der Waals surface area contributed by atoms with E-state index in [2.05, 4.69) is 24.4 Å². The molecule has 4 heteroatoms. The van der Waals surface area contributed by atoms with Crippen LogP contribution in [0.25, 0.3) is 0 Å². The lowest BCUT2D eigenvalue weighted by Crippen LogP contribution is -2.27. The molecule has 0 saturated carbocycles. The second-order valence-electron chi connectivity index (χ2n) is 5.95. The highest BCUT2D eigenvalue weighted by Crippen LogP contribution is 2.26. The van der Waals surface area contributed by atoms with Crippen LogP contribution in [0.15, 0.2) is 54.6 Å². The molecule has 0 spiro atoms. The molecule has 1 atom stereocenters. The van der Waals surface area contributed by atoms with Crippen LogP contribution in [0, 0.1) is 0 Å². The molecular formula is C21H27NO3. The van der Waals surface area contributed by atoms with Crippen LogP contribution in [0.2, 0.25) is 0 Å². The molecule has 1 N–H and O–H groups in total. The van der Waals surface area contributed by atoms with Gasteiger partial charge in [0.05, 0.1) is 13.2 Å². The Labute approximate surface area is 150 Å². The zero-order chi connectivity index (χ0) is 17.9. The fraction of sp³-hybridized carbons (Fsp3) is 0.381. The van der Waals surface area contributed by atoms with Crippen LogP contribution in [0.4, 0.5) is 0 Å². The molecule has 0 aliphatic rings. The molecule has 2 aromatic carbocycles. The molecule has 1 unspecified atom stereocenters. The summed E-state index contributed by atoms with van der Waals surface area (Å²) < 4.78 is 11.2. The van der Waals surface area contributed by atoms with Gasteiger partial charge in [-0.1, -0.05) is 49.4 Å². The molecular weight excluding hydrogens is 314 g/mol. The minimum atomic E-state index is 0.0597. The zero-order valence-electron chi connectivity index (χ0n) is 15.0. The minimum absolute atomic E-state index is 0.0597. The number of ether oxygens (including phenoxy) is 2. The highest BCUT2D eigenvalue weighted by molar-refractivity contribution is 5.75. The van der Waals surface area contributed by atoms with Crippen molar-refractivity contribution in [2.24, 2.45) is 0 Å². The summed E-state index contributed by atoms with van der Waals surface area (Å²) in [5.74, 6) is 1.83. The Hall–Kier alpha value is -2.49. The number of para-hydroxylation sites is 2. The van der Waals surface area contributed by atoms with Crippen LogP contribution < -0.4 is 14.8 Å². The Kier molecular flexibility index (Phi) is 7.83. The summed E-state index contributed by atoms with van der Waals surface area (Å²) in [7, 11) is 0. The second-order valence-corrected chi connectivity index (χ2v) is 5.95. The highest BCUT2D eigenvalue weighted by Gasteiger charge is 2.08. The Morgan fingerprint density at radius 2 is 1.64 bits per heavy atom. The van der Waals surface area contributed by atoms with Gasteiger partial charge in [0.2, 0.25) is 5.91 Å². The lowest BCUT2D eigenvalue weighted by atomic mass is 10.0. The van der Waals surface area contributed by atoms with Crippen LogP contribution in [0.1, 0.15) is 38.2 Å². The molecule has 0 aliphatic heterocycles. The van der Waals surface area contributed by atoms with Crippen molar-refractivity contribution in [2.45, 2.75) is 32.6 Å². The molecule has 0 aliphatic carbocycles. The van der Waals surface area contributed by atoms with Gasteiger partial charge in [-0.3, -0.25) is 4.79 Å². The van der Waals surface area contributed by atoms with Gasteiger partial charge in [-0.25, -0.2) is 0 Å². The monoisotopic (exact) mass is 341 g/mol. The summed E-state index contributed by atoms with van der Waals surface area (Å²) in [6, 6.07) is 17.8. The lowest BCUT2D eigenvalue weighted by Gasteiger charge is -2.13. The average Bonchev–Trinajstić information content (AvgIpc) is 2.65. The fourth-order valence-corrected chi connectivity index (χ4v) is 2.51. The standard InChI is InChI=1S/C21H27NO3/c1-3-24-19-12-7-8-13-20(19)25-15-9-14-21(23)22-16-17(2)18-10-5-4-6-11-18/h4-8,10-13,17H,3,9,14-16H2,1-2H3,(H,22,23). The highest BCUT2D eigenvalue weighted by atomic mass is 16.5. The summed E-state index contributed by atoms with van der Waals surface area (Å²) in [6.07, 6.45) is 1.13. The van der Waals surface area contributed by atoms with E-state index in [0.717, 1.165) is 11.5 Å². The maximum absolute atomic E-state index is 12.0. The molecule has 0 heterocycles. The molecule has 0 radical (unpaired) electrons. The predicted octanol–water partition coefficient (Wildman–Crippen LogP) is 4.16. The van der Waals surface area contributed by atoms with Gasteiger partial charge in [0, 0.05) is 13.0 Å². The third kappa shape index (κ3) is 6.49. The molecule has 0 aromatic heterocycles. The summed E-state index contributed by atoms with van der Waals surface area (Å²) in [5.41, 5.74) is 1.23. The lowest BCUT2D eigenvalue weighted by molar-refractivity contribution is -0.121. The van der Waals surface area contributed by atoms with Gasteiger partial charge >= 0.3 is 0 Å². The number of amides is 1. The Morgan fingerprint density at radius 1 is 1.00 bits per heavy atom. The molecule has 0 bridgehead atoms. The van der Waals surface area contributed by atoms with E-state index in [-0.39, 0.29) is 5.91 Å². The van der Waals surface area contributed by atoms with E-state index in [1.54, 1.807) is 0 Å². The van der Waals surface area contributed by atoms with Crippen LogP contribution in [0.5, 0.6) is 11.5 Å². The van der Waals surface area contributed by atoms with Crippen LogP contribution >= 0.6 is 0 Å². The molecule has 25 heavy (non-hydrogen) atoms. The number of rotatable bonds is 10. The number of nitrogens with one attached hydrogen (secondary N) is 1. The quantitative estimate of drug-likeness (QED) is 0.660.